The molecule has 1 unspecified atom stereocenters. The van der Waals surface area contributed by atoms with Crippen molar-refractivity contribution in [3.05, 3.63) is 64.4 Å². The number of carbonyl (C=O) groups excluding carboxylic acids is 2. The van der Waals surface area contributed by atoms with Gasteiger partial charge >= 0.3 is 6.09 Å². The first-order chi connectivity index (χ1) is 13.9. The molecule has 2 N–H and O–H groups in total. The van der Waals surface area contributed by atoms with Crippen LogP contribution in [0.5, 0.6) is 5.75 Å². The monoisotopic (exact) mass is 422 g/mol. The van der Waals surface area contributed by atoms with Gasteiger partial charge in [-0.25, -0.2) is 9.18 Å². The minimum atomic E-state index is -0.504. The summed E-state index contributed by atoms with van der Waals surface area (Å²) in [5.41, 5.74) is 0.915. The Morgan fingerprint density at radius 1 is 1.28 bits per heavy atom. The second-order valence-corrected chi connectivity index (χ2v) is 6.90. The Morgan fingerprint density at radius 2 is 2.03 bits per heavy atom. The molecule has 1 saturated heterocycles. The van der Waals surface area contributed by atoms with Crippen molar-refractivity contribution in [2.45, 2.75) is 12.7 Å². The number of nitrogens with zero attached hydrogens (tertiary/aromatic N) is 1. The van der Waals surface area contributed by atoms with Gasteiger partial charge in [-0.3, -0.25) is 4.79 Å². The van der Waals surface area contributed by atoms with Gasteiger partial charge in [0.1, 0.15) is 18.2 Å². The molecule has 0 radical (unpaired) electrons. The molecule has 0 saturated carbocycles. The summed E-state index contributed by atoms with van der Waals surface area (Å²) in [7, 11) is 0. The van der Waals surface area contributed by atoms with Crippen molar-refractivity contribution in [1.29, 1.82) is 0 Å². The highest BCUT2D eigenvalue weighted by Gasteiger charge is 2.26. The maximum absolute atomic E-state index is 12.9. The van der Waals surface area contributed by atoms with E-state index >= 15 is 0 Å². The van der Waals surface area contributed by atoms with Crippen LogP contribution in [0.4, 0.5) is 9.18 Å². The summed E-state index contributed by atoms with van der Waals surface area (Å²) in [4.78, 5) is 26.0. The van der Waals surface area contributed by atoms with Crippen molar-refractivity contribution < 1.29 is 28.6 Å². The molecule has 3 rings (SSSR count). The zero-order valence-corrected chi connectivity index (χ0v) is 16.2. The number of hydrogen-bond acceptors (Lipinski definition) is 5. The van der Waals surface area contributed by atoms with Crippen LogP contribution in [0.1, 0.15) is 15.9 Å². The SMILES string of the molecule is O=C(NCC1CN(C(=O)OCc2ccc(F)cc2)CCO1)c1ccc(O)cc1Cl. The van der Waals surface area contributed by atoms with E-state index in [1.165, 1.54) is 35.2 Å². The Labute approximate surface area is 172 Å². The maximum Gasteiger partial charge on any atom is 0.410 e. The van der Waals surface area contributed by atoms with E-state index in [-0.39, 0.29) is 41.8 Å². The number of nitrogens with one attached hydrogen (secondary N) is 1. The minimum Gasteiger partial charge on any atom is -0.508 e. The van der Waals surface area contributed by atoms with Crippen molar-refractivity contribution in [3.8, 4) is 5.75 Å². The van der Waals surface area contributed by atoms with E-state index in [0.29, 0.717) is 18.7 Å². The van der Waals surface area contributed by atoms with E-state index in [9.17, 15) is 19.1 Å². The first-order valence-electron chi connectivity index (χ1n) is 8.97. The fourth-order valence-electron chi connectivity index (χ4n) is 2.82. The number of benzene rings is 2. The quantitative estimate of drug-likeness (QED) is 0.773. The molecular weight excluding hydrogens is 403 g/mol. The van der Waals surface area contributed by atoms with Gasteiger partial charge in [0.15, 0.2) is 0 Å². The van der Waals surface area contributed by atoms with Gasteiger partial charge in [0.2, 0.25) is 0 Å². The van der Waals surface area contributed by atoms with E-state index in [1.807, 2.05) is 0 Å². The summed E-state index contributed by atoms with van der Waals surface area (Å²) in [6, 6.07) is 9.79. The third kappa shape index (κ3) is 5.82. The zero-order valence-electron chi connectivity index (χ0n) is 15.4. The molecule has 0 spiro atoms. The zero-order chi connectivity index (χ0) is 20.8. The topological polar surface area (TPSA) is 88.1 Å². The minimum absolute atomic E-state index is 0.0306. The van der Waals surface area contributed by atoms with Crippen LogP contribution in [0.25, 0.3) is 0 Å². The number of aromatic hydroxyl groups is 1. The smallest absolute Gasteiger partial charge is 0.410 e. The predicted octanol–water partition coefficient (Wildman–Crippen LogP) is 2.95. The largest absolute Gasteiger partial charge is 0.508 e. The number of carbonyl (C=O) groups is 2. The van der Waals surface area contributed by atoms with E-state index < -0.39 is 18.1 Å². The van der Waals surface area contributed by atoms with Gasteiger partial charge in [-0.1, -0.05) is 23.7 Å². The van der Waals surface area contributed by atoms with Crippen molar-refractivity contribution in [2.24, 2.45) is 0 Å². The molecule has 0 bridgehead atoms. The Kier molecular flexibility index (Phi) is 6.90. The van der Waals surface area contributed by atoms with Crippen molar-refractivity contribution in [3.63, 3.8) is 0 Å². The van der Waals surface area contributed by atoms with Crippen molar-refractivity contribution >= 4 is 23.6 Å². The fourth-order valence-corrected chi connectivity index (χ4v) is 3.08. The summed E-state index contributed by atoms with van der Waals surface area (Å²) < 4.78 is 23.8. The molecule has 2 aromatic carbocycles. The first kappa shape index (κ1) is 20.9. The Bertz CT molecular complexity index is 878. The Hall–Kier alpha value is -2.84. The number of amides is 2. The van der Waals surface area contributed by atoms with Gasteiger partial charge in [0.25, 0.3) is 5.91 Å². The first-order valence-corrected chi connectivity index (χ1v) is 9.34. The van der Waals surface area contributed by atoms with Gasteiger partial charge in [-0.15, -0.1) is 0 Å². The number of rotatable bonds is 5. The van der Waals surface area contributed by atoms with E-state index in [0.717, 1.165) is 0 Å². The summed E-state index contributed by atoms with van der Waals surface area (Å²) in [6.07, 6.45) is -0.905. The standard InChI is InChI=1S/C20H20ClFN2O5/c21-18-9-15(25)5-6-17(18)19(26)23-10-16-11-24(7-8-28-16)20(27)29-12-13-1-3-14(22)4-2-13/h1-6,9,16,25H,7-8,10-12H2,(H,23,26). The number of morpholine rings is 1. The summed E-state index contributed by atoms with van der Waals surface area (Å²) in [6.45, 7) is 1.16. The highest BCUT2D eigenvalue weighted by molar-refractivity contribution is 6.34. The Balaban J connectivity index is 1.47. The molecule has 29 heavy (non-hydrogen) atoms. The molecule has 9 heteroatoms. The van der Waals surface area contributed by atoms with Gasteiger partial charge in [-0.2, -0.15) is 0 Å². The molecule has 1 aliphatic heterocycles. The van der Waals surface area contributed by atoms with Crippen LogP contribution in [-0.4, -0.2) is 54.4 Å². The summed E-state index contributed by atoms with van der Waals surface area (Å²) in [5.74, 6) is -0.793. The van der Waals surface area contributed by atoms with E-state index in [2.05, 4.69) is 5.32 Å². The lowest BCUT2D eigenvalue weighted by Gasteiger charge is -2.32. The predicted molar refractivity (Wildman–Crippen MR) is 103 cm³/mol. The van der Waals surface area contributed by atoms with Gasteiger partial charge in [0.05, 0.1) is 29.8 Å². The second kappa shape index (κ2) is 9.58. The second-order valence-electron chi connectivity index (χ2n) is 6.49. The third-order valence-electron chi connectivity index (χ3n) is 4.36. The van der Waals surface area contributed by atoms with Crippen LogP contribution in [-0.2, 0) is 16.1 Å². The van der Waals surface area contributed by atoms with Crippen LogP contribution in [0.3, 0.4) is 0 Å². The molecular formula is C20H20ClFN2O5. The summed E-state index contributed by atoms with van der Waals surface area (Å²) >= 11 is 5.96. The highest BCUT2D eigenvalue weighted by Crippen LogP contribution is 2.21. The van der Waals surface area contributed by atoms with Crippen molar-refractivity contribution in [2.75, 3.05) is 26.2 Å². The van der Waals surface area contributed by atoms with E-state index in [1.54, 1.807) is 12.1 Å². The number of phenols is 1. The molecule has 2 amide bonds. The molecule has 0 aliphatic carbocycles. The molecule has 154 valence electrons. The molecule has 2 aromatic rings. The Morgan fingerprint density at radius 3 is 2.76 bits per heavy atom. The average molecular weight is 423 g/mol. The number of hydrogen-bond donors (Lipinski definition) is 2. The van der Waals surface area contributed by atoms with Crippen LogP contribution < -0.4 is 5.32 Å². The summed E-state index contributed by atoms with van der Waals surface area (Å²) in [5, 5.41) is 12.2. The third-order valence-corrected chi connectivity index (χ3v) is 4.67. The highest BCUT2D eigenvalue weighted by atomic mass is 35.5. The lowest BCUT2D eigenvalue weighted by atomic mass is 10.2. The lowest BCUT2D eigenvalue weighted by molar-refractivity contribution is -0.0263. The molecule has 1 aliphatic rings. The van der Waals surface area contributed by atoms with Crippen LogP contribution in [0, 0.1) is 5.82 Å². The number of ether oxygens (including phenoxy) is 2. The molecule has 1 heterocycles. The van der Waals surface area contributed by atoms with Crippen molar-refractivity contribution in [1.82, 2.24) is 10.2 Å². The van der Waals surface area contributed by atoms with Crippen LogP contribution >= 0.6 is 11.6 Å². The van der Waals surface area contributed by atoms with Gasteiger partial charge in [-0.05, 0) is 35.9 Å². The average Bonchev–Trinajstić information content (AvgIpc) is 2.71. The maximum atomic E-state index is 12.9. The normalized spacial score (nSPS) is 16.3. The van der Waals surface area contributed by atoms with Gasteiger partial charge in [0, 0.05) is 13.1 Å². The van der Waals surface area contributed by atoms with E-state index in [4.69, 9.17) is 21.1 Å². The van der Waals surface area contributed by atoms with Crippen LogP contribution in [0.15, 0.2) is 42.5 Å². The molecule has 0 aromatic heterocycles. The number of halogens is 2. The van der Waals surface area contributed by atoms with Gasteiger partial charge < -0.3 is 24.8 Å². The molecule has 7 nitrogen and oxygen atoms in total. The lowest BCUT2D eigenvalue weighted by Crippen LogP contribution is -2.49. The fraction of sp³-hybridized carbons (Fsp3) is 0.300. The molecule has 1 atom stereocenters. The van der Waals surface area contributed by atoms with Crippen LogP contribution in [0.2, 0.25) is 5.02 Å². The number of phenolic OH excluding ortho intramolecular Hbond substituents is 1. The molecule has 1 fully saturated rings.